The van der Waals surface area contributed by atoms with Crippen molar-refractivity contribution in [3.05, 3.63) is 53.0 Å². The minimum absolute atomic E-state index is 0.803. The Hall–Kier alpha value is -1.94. The Morgan fingerprint density at radius 3 is 2.52 bits per heavy atom. The van der Waals surface area contributed by atoms with Gasteiger partial charge in [0.15, 0.2) is 0 Å². The van der Waals surface area contributed by atoms with E-state index >= 15 is 0 Å². The van der Waals surface area contributed by atoms with Crippen LogP contribution in [0.15, 0.2) is 30.3 Å². The van der Waals surface area contributed by atoms with Gasteiger partial charge in [0.2, 0.25) is 0 Å². The predicted molar refractivity (Wildman–Crippen MR) is 84.9 cm³/mol. The van der Waals surface area contributed by atoms with Crippen molar-refractivity contribution < 1.29 is 0 Å². The molecule has 4 nitrogen and oxygen atoms in total. The molecule has 0 spiro atoms. The molecule has 0 fully saturated rings. The van der Waals surface area contributed by atoms with Crippen LogP contribution in [-0.4, -0.2) is 21.4 Å². The molecule has 0 bridgehead atoms. The Kier molecular flexibility index (Phi) is 4.15. The highest BCUT2D eigenvalue weighted by Gasteiger charge is 2.19. The maximum absolute atomic E-state index is 4.63. The average Bonchev–Trinajstić information content (AvgIpc) is 2.86. The first kappa shape index (κ1) is 14.0. The molecule has 2 aromatic rings. The summed E-state index contributed by atoms with van der Waals surface area (Å²) in [5.41, 5.74) is 3.87. The van der Waals surface area contributed by atoms with E-state index in [-0.39, 0.29) is 0 Å². The number of hydrogen-bond acceptors (Lipinski definition) is 4. The van der Waals surface area contributed by atoms with Crippen LogP contribution < -0.4 is 5.32 Å². The first-order chi connectivity index (χ1) is 10.2. The molecule has 1 aromatic heterocycles. The zero-order valence-corrected chi connectivity index (χ0v) is 12.8. The van der Waals surface area contributed by atoms with E-state index in [0.29, 0.717) is 0 Å². The standard InChI is InChI=1S/C17H22N4/c1-3-8-18-16-9-13(2)19-17(20-16)12-21-10-14-6-4-5-7-15(14)11-21/h4-7,9H,3,8,10-12H2,1-2H3,(H,18,19,20). The normalized spacial score (nSPS) is 14.2. The lowest BCUT2D eigenvalue weighted by atomic mass is 10.1. The molecule has 21 heavy (non-hydrogen) atoms. The molecule has 2 heterocycles. The quantitative estimate of drug-likeness (QED) is 0.915. The lowest BCUT2D eigenvalue weighted by Crippen LogP contribution is -2.18. The Labute approximate surface area is 126 Å². The number of hydrogen-bond donors (Lipinski definition) is 1. The summed E-state index contributed by atoms with van der Waals surface area (Å²) in [6.45, 7) is 7.92. The predicted octanol–water partition coefficient (Wildman–Crippen LogP) is 3.12. The van der Waals surface area contributed by atoms with Crippen molar-refractivity contribution in [3.63, 3.8) is 0 Å². The monoisotopic (exact) mass is 282 g/mol. The molecule has 1 aliphatic heterocycles. The van der Waals surface area contributed by atoms with Gasteiger partial charge < -0.3 is 5.32 Å². The van der Waals surface area contributed by atoms with Gasteiger partial charge in [0, 0.05) is 31.4 Å². The molecule has 1 aromatic carbocycles. The highest BCUT2D eigenvalue weighted by molar-refractivity contribution is 5.36. The molecular formula is C17H22N4. The lowest BCUT2D eigenvalue weighted by molar-refractivity contribution is 0.268. The second-order valence-corrected chi connectivity index (χ2v) is 5.65. The van der Waals surface area contributed by atoms with Crippen LogP contribution >= 0.6 is 0 Å². The molecule has 4 heteroatoms. The van der Waals surface area contributed by atoms with Gasteiger partial charge in [-0.1, -0.05) is 31.2 Å². The minimum Gasteiger partial charge on any atom is -0.370 e. The molecule has 0 aliphatic carbocycles. The summed E-state index contributed by atoms with van der Waals surface area (Å²) >= 11 is 0. The molecule has 0 amide bonds. The first-order valence-electron chi connectivity index (χ1n) is 7.62. The number of fused-ring (bicyclic) bond motifs is 1. The molecule has 110 valence electrons. The second-order valence-electron chi connectivity index (χ2n) is 5.65. The Morgan fingerprint density at radius 1 is 1.14 bits per heavy atom. The van der Waals surface area contributed by atoms with Crippen LogP contribution in [0, 0.1) is 6.92 Å². The lowest BCUT2D eigenvalue weighted by Gasteiger charge is -2.15. The highest BCUT2D eigenvalue weighted by Crippen LogP contribution is 2.23. The summed E-state index contributed by atoms with van der Waals surface area (Å²) < 4.78 is 0. The van der Waals surface area contributed by atoms with Crippen molar-refractivity contribution in [2.75, 3.05) is 11.9 Å². The number of aromatic nitrogens is 2. The fraction of sp³-hybridized carbons (Fsp3) is 0.412. The van der Waals surface area contributed by atoms with Crippen LogP contribution in [0.1, 0.15) is 36.0 Å². The van der Waals surface area contributed by atoms with Crippen molar-refractivity contribution >= 4 is 5.82 Å². The van der Waals surface area contributed by atoms with Gasteiger partial charge in [-0.3, -0.25) is 4.90 Å². The Morgan fingerprint density at radius 2 is 1.86 bits per heavy atom. The van der Waals surface area contributed by atoms with Crippen molar-refractivity contribution in [1.29, 1.82) is 0 Å². The third-order valence-electron chi connectivity index (χ3n) is 3.73. The van der Waals surface area contributed by atoms with Gasteiger partial charge in [-0.25, -0.2) is 9.97 Å². The van der Waals surface area contributed by atoms with Crippen LogP contribution in [0.25, 0.3) is 0 Å². The van der Waals surface area contributed by atoms with Gasteiger partial charge in [0.05, 0.1) is 6.54 Å². The van der Waals surface area contributed by atoms with Crippen molar-refractivity contribution in [2.45, 2.75) is 39.9 Å². The Bertz CT molecular complexity index is 599. The van der Waals surface area contributed by atoms with Gasteiger partial charge in [-0.2, -0.15) is 0 Å². The third kappa shape index (κ3) is 3.39. The number of aryl methyl sites for hydroxylation is 1. The fourth-order valence-corrected chi connectivity index (χ4v) is 2.76. The largest absolute Gasteiger partial charge is 0.370 e. The van der Waals surface area contributed by atoms with Gasteiger partial charge >= 0.3 is 0 Å². The molecule has 1 N–H and O–H groups in total. The van der Waals surface area contributed by atoms with E-state index in [1.54, 1.807) is 0 Å². The maximum atomic E-state index is 4.63. The van der Waals surface area contributed by atoms with E-state index in [1.807, 2.05) is 13.0 Å². The highest BCUT2D eigenvalue weighted by atomic mass is 15.2. The van der Waals surface area contributed by atoms with E-state index in [0.717, 1.165) is 49.9 Å². The SMILES string of the molecule is CCCNc1cc(C)nc(CN2Cc3ccccc3C2)n1. The van der Waals surface area contributed by atoms with Crippen LogP contribution in [-0.2, 0) is 19.6 Å². The molecule has 0 atom stereocenters. The molecule has 1 aliphatic rings. The zero-order valence-electron chi connectivity index (χ0n) is 12.8. The van der Waals surface area contributed by atoms with Crippen LogP contribution in [0.5, 0.6) is 0 Å². The van der Waals surface area contributed by atoms with Gasteiger partial charge in [0.25, 0.3) is 0 Å². The van der Waals surface area contributed by atoms with E-state index in [2.05, 4.69) is 51.4 Å². The van der Waals surface area contributed by atoms with E-state index in [9.17, 15) is 0 Å². The number of rotatable bonds is 5. The summed E-state index contributed by atoms with van der Waals surface area (Å²) in [7, 11) is 0. The Balaban J connectivity index is 1.70. The number of nitrogens with one attached hydrogen (secondary N) is 1. The topological polar surface area (TPSA) is 41.1 Å². The van der Waals surface area contributed by atoms with Crippen LogP contribution in [0.3, 0.4) is 0 Å². The maximum Gasteiger partial charge on any atom is 0.144 e. The van der Waals surface area contributed by atoms with Gasteiger partial charge in [0.1, 0.15) is 11.6 Å². The second kappa shape index (κ2) is 6.22. The summed E-state index contributed by atoms with van der Waals surface area (Å²) in [5, 5.41) is 3.35. The van der Waals surface area contributed by atoms with E-state index in [4.69, 9.17) is 0 Å². The first-order valence-corrected chi connectivity index (χ1v) is 7.62. The van der Waals surface area contributed by atoms with Crippen LogP contribution in [0.4, 0.5) is 5.82 Å². The molecule has 0 unspecified atom stereocenters. The summed E-state index contributed by atoms with van der Waals surface area (Å²) in [6.07, 6.45) is 1.10. The molecule has 0 saturated heterocycles. The molecule has 3 rings (SSSR count). The molecule has 0 saturated carbocycles. The smallest absolute Gasteiger partial charge is 0.144 e. The van der Waals surface area contributed by atoms with Gasteiger partial charge in [-0.05, 0) is 24.5 Å². The van der Waals surface area contributed by atoms with E-state index in [1.165, 1.54) is 11.1 Å². The number of anilines is 1. The number of benzene rings is 1. The van der Waals surface area contributed by atoms with Crippen LogP contribution in [0.2, 0.25) is 0 Å². The number of nitrogens with zero attached hydrogens (tertiary/aromatic N) is 3. The fourth-order valence-electron chi connectivity index (χ4n) is 2.76. The average molecular weight is 282 g/mol. The van der Waals surface area contributed by atoms with Crippen molar-refractivity contribution in [1.82, 2.24) is 14.9 Å². The van der Waals surface area contributed by atoms with Crippen molar-refractivity contribution in [3.8, 4) is 0 Å². The zero-order chi connectivity index (χ0) is 14.7. The summed E-state index contributed by atoms with van der Waals surface area (Å²) in [5.74, 6) is 1.84. The third-order valence-corrected chi connectivity index (χ3v) is 3.73. The van der Waals surface area contributed by atoms with Crippen molar-refractivity contribution in [2.24, 2.45) is 0 Å². The molecule has 0 radical (unpaired) electrons. The van der Waals surface area contributed by atoms with E-state index < -0.39 is 0 Å². The van der Waals surface area contributed by atoms with Gasteiger partial charge in [-0.15, -0.1) is 0 Å². The molecular weight excluding hydrogens is 260 g/mol. The summed E-state index contributed by atoms with van der Waals surface area (Å²) in [6, 6.07) is 10.6. The minimum atomic E-state index is 0.803. The summed E-state index contributed by atoms with van der Waals surface area (Å²) in [4.78, 5) is 11.6.